The highest BCUT2D eigenvalue weighted by molar-refractivity contribution is 5.79. The standard InChI is InChI=1S/C12H20O4/c1-3-8-15-10(13)11-5-4-6-12(11,14-2)16-9-7-11/h3-9H2,1-2H3. The van der Waals surface area contributed by atoms with E-state index in [-0.39, 0.29) is 5.97 Å². The van der Waals surface area contributed by atoms with Gasteiger partial charge in [-0.3, -0.25) is 4.79 Å². The van der Waals surface area contributed by atoms with E-state index >= 15 is 0 Å². The predicted octanol–water partition coefficient (Wildman–Crippen LogP) is 1.87. The van der Waals surface area contributed by atoms with Crippen molar-refractivity contribution in [3.05, 3.63) is 0 Å². The van der Waals surface area contributed by atoms with Gasteiger partial charge < -0.3 is 14.2 Å². The summed E-state index contributed by atoms with van der Waals surface area (Å²) in [5.41, 5.74) is -0.545. The number of carbonyl (C=O) groups is 1. The third kappa shape index (κ3) is 1.47. The van der Waals surface area contributed by atoms with E-state index in [0.29, 0.717) is 13.2 Å². The first-order chi connectivity index (χ1) is 7.71. The molecular weight excluding hydrogens is 208 g/mol. The SMILES string of the molecule is CCCOC(=O)C12CCCC1(OC)OCC2. The lowest BCUT2D eigenvalue weighted by Crippen LogP contribution is -2.48. The van der Waals surface area contributed by atoms with E-state index in [1.54, 1.807) is 7.11 Å². The molecule has 2 fully saturated rings. The molecule has 92 valence electrons. The highest BCUT2D eigenvalue weighted by Gasteiger charge is 2.65. The highest BCUT2D eigenvalue weighted by Crippen LogP contribution is 2.56. The first-order valence-electron chi connectivity index (χ1n) is 6.07. The smallest absolute Gasteiger partial charge is 0.317 e. The molecule has 0 aromatic heterocycles. The van der Waals surface area contributed by atoms with E-state index in [1.807, 2.05) is 6.92 Å². The minimum Gasteiger partial charge on any atom is -0.465 e. The second-order valence-electron chi connectivity index (χ2n) is 4.63. The normalized spacial score (nSPS) is 37.4. The van der Waals surface area contributed by atoms with Gasteiger partial charge in [-0.25, -0.2) is 0 Å². The second kappa shape index (κ2) is 4.34. The molecule has 0 radical (unpaired) electrons. The molecule has 2 aliphatic rings. The average Bonchev–Trinajstić information content (AvgIpc) is 2.81. The van der Waals surface area contributed by atoms with Crippen LogP contribution in [0, 0.1) is 5.41 Å². The molecule has 0 aromatic carbocycles. The molecule has 1 aliphatic carbocycles. The Kier molecular flexibility index (Phi) is 3.22. The van der Waals surface area contributed by atoms with Crippen LogP contribution < -0.4 is 0 Å². The average molecular weight is 228 g/mol. The number of methoxy groups -OCH3 is 1. The van der Waals surface area contributed by atoms with Crippen LogP contribution in [0.2, 0.25) is 0 Å². The number of ether oxygens (including phenoxy) is 3. The van der Waals surface area contributed by atoms with Gasteiger partial charge in [0.2, 0.25) is 0 Å². The zero-order valence-corrected chi connectivity index (χ0v) is 10.1. The number of rotatable bonds is 4. The van der Waals surface area contributed by atoms with Crippen molar-refractivity contribution >= 4 is 5.97 Å². The van der Waals surface area contributed by atoms with Crippen molar-refractivity contribution in [2.75, 3.05) is 20.3 Å². The highest BCUT2D eigenvalue weighted by atomic mass is 16.7. The van der Waals surface area contributed by atoms with Gasteiger partial charge in [-0.15, -0.1) is 0 Å². The molecule has 0 amide bonds. The minimum atomic E-state index is -0.710. The first-order valence-corrected chi connectivity index (χ1v) is 6.07. The molecule has 16 heavy (non-hydrogen) atoms. The predicted molar refractivity (Wildman–Crippen MR) is 57.8 cm³/mol. The van der Waals surface area contributed by atoms with E-state index in [4.69, 9.17) is 14.2 Å². The fourth-order valence-corrected chi connectivity index (χ4v) is 3.02. The third-order valence-electron chi connectivity index (χ3n) is 3.86. The Balaban J connectivity index is 2.18. The van der Waals surface area contributed by atoms with Gasteiger partial charge in [0.25, 0.3) is 0 Å². The van der Waals surface area contributed by atoms with Crippen molar-refractivity contribution in [3.63, 3.8) is 0 Å². The van der Waals surface area contributed by atoms with Crippen molar-refractivity contribution in [3.8, 4) is 0 Å². The molecule has 0 bridgehead atoms. The summed E-state index contributed by atoms with van der Waals surface area (Å²) in [6.45, 7) is 3.07. The number of fused-ring (bicyclic) bond motifs is 1. The molecule has 4 heteroatoms. The van der Waals surface area contributed by atoms with Gasteiger partial charge >= 0.3 is 5.97 Å². The van der Waals surface area contributed by atoms with E-state index in [0.717, 1.165) is 32.1 Å². The molecule has 1 heterocycles. The van der Waals surface area contributed by atoms with E-state index in [2.05, 4.69) is 0 Å². The molecule has 1 saturated carbocycles. The van der Waals surface area contributed by atoms with Gasteiger partial charge in [0.15, 0.2) is 5.79 Å². The fraction of sp³-hybridized carbons (Fsp3) is 0.917. The molecule has 2 rings (SSSR count). The largest absolute Gasteiger partial charge is 0.465 e. The van der Waals surface area contributed by atoms with E-state index < -0.39 is 11.2 Å². The Morgan fingerprint density at radius 1 is 1.38 bits per heavy atom. The van der Waals surface area contributed by atoms with Gasteiger partial charge in [0, 0.05) is 13.5 Å². The van der Waals surface area contributed by atoms with E-state index in [1.165, 1.54) is 0 Å². The van der Waals surface area contributed by atoms with Crippen LogP contribution in [0.25, 0.3) is 0 Å². The summed E-state index contributed by atoms with van der Waals surface area (Å²) in [6.07, 6.45) is 4.16. The van der Waals surface area contributed by atoms with Crippen LogP contribution in [0.15, 0.2) is 0 Å². The number of carbonyl (C=O) groups excluding carboxylic acids is 1. The fourth-order valence-electron chi connectivity index (χ4n) is 3.02. The molecule has 0 spiro atoms. The number of esters is 1. The van der Waals surface area contributed by atoms with Crippen LogP contribution >= 0.6 is 0 Å². The van der Waals surface area contributed by atoms with Gasteiger partial charge in [-0.05, 0) is 25.7 Å². The molecule has 0 N–H and O–H groups in total. The van der Waals surface area contributed by atoms with Crippen LogP contribution in [0.3, 0.4) is 0 Å². The maximum Gasteiger partial charge on any atom is 0.317 e. The van der Waals surface area contributed by atoms with Gasteiger partial charge in [0.1, 0.15) is 5.41 Å². The summed E-state index contributed by atoms with van der Waals surface area (Å²) < 4.78 is 16.5. The lowest BCUT2D eigenvalue weighted by atomic mass is 9.80. The molecule has 0 aromatic rings. The van der Waals surface area contributed by atoms with Crippen molar-refractivity contribution in [2.24, 2.45) is 5.41 Å². The minimum absolute atomic E-state index is 0.133. The van der Waals surface area contributed by atoms with Crippen molar-refractivity contribution in [1.82, 2.24) is 0 Å². The Morgan fingerprint density at radius 2 is 2.19 bits per heavy atom. The van der Waals surface area contributed by atoms with Crippen molar-refractivity contribution < 1.29 is 19.0 Å². The number of hydrogen-bond donors (Lipinski definition) is 0. The Hall–Kier alpha value is -0.610. The van der Waals surface area contributed by atoms with Crippen LogP contribution in [-0.4, -0.2) is 32.1 Å². The zero-order valence-electron chi connectivity index (χ0n) is 10.1. The Labute approximate surface area is 96.2 Å². The summed E-state index contributed by atoms with van der Waals surface area (Å²) >= 11 is 0. The summed E-state index contributed by atoms with van der Waals surface area (Å²) in [6, 6.07) is 0. The first kappa shape index (κ1) is 11.9. The molecular formula is C12H20O4. The molecule has 1 saturated heterocycles. The van der Waals surface area contributed by atoms with Crippen LogP contribution in [0.4, 0.5) is 0 Å². The summed E-state index contributed by atoms with van der Waals surface area (Å²) in [5.74, 6) is -0.844. The molecule has 4 nitrogen and oxygen atoms in total. The molecule has 1 aliphatic heterocycles. The summed E-state index contributed by atoms with van der Waals surface area (Å²) in [5, 5.41) is 0. The summed E-state index contributed by atoms with van der Waals surface area (Å²) in [4.78, 5) is 12.2. The molecule has 2 atom stereocenters. The summed E-state index contributed by atoms with van der Waals surface area (Å²) in [7, 11) is 1.62. The zero-order chi connectivity index (χ0) is 11.6. The maximum atomic E-state index is 12.2. The van der Waals surface area contributed by atoms with Crippen molar-refractivity contribution in [1.29, 1.82) is 0 Å². The van der Waals surface area contributed by atoms with Gasteiger partial charge in [0.05, 0.1) is 13.2 Å². The third-order valence-corrected chi connectivity index (χ3v) is 3.86. The van der Waals surface area contributed by atoms with Gasteiger partial charge in [-0.2, -0.15) is 0 Å². The Morgan fingerprint density at radius 3 is 2.88 bits per heavy atom. The molecule has 2 unspecified atom stereocenters. The number of hydrogen-bond acceptors (Lipinski definition) is 4. The van der Waals surface area contributed by atoms with Crippen molar-refractivity contribution in [2.45, 2.75) is 44.8 Å². The van der Waals surface area contributed by atoms with Crippen LogP contribution in [-0.2, 0) is 19.0 Å². The van der Waals surface area contributed by atoms with Gasteiger partial charge in [-0.1, -0.05) is 6.92 Å². The monoisotopic (exact) mass is 228 g/mol. The maximum absolute atomic E-state index is 12.2. The van der Waals surface area contributed by atoms with Crippen LogP contribution in [0.1, 0.15) is 39.0 Å². The van der Waals surface area contributed by atoms with E-state index in [9.17, 15) is 4.79 Å². The second-order valence-corrected chi connectivity index (χ2v) is 4.63. The quantitative estimate of drug-likeness (QED) is 0.689. The van der Waals surface area contributed by atoms with Crippen LogP contribution in [0.5, 0.6) is 0 Å². The topological polar surface area (TPSA) is 44.8 Å². The lowest BCUT2D eigenvalue weighted by molar-refractivity contribution is -0.237. The Bertz CT molecular complexity index is 264. The lowest BCUT2D eigenvalue weighted by Gasteiger charge is -2.35.